The summed E-state index contributed by atoms with van der Waals surface area (Å²) in [4.78, 5) is 19.2. The van der Waals surface area contributed by atoms with Gasteiger partial charge in [0.2, 0.25) is 0 Å². The average Bonchev–Trinajstić information content (AvgIpc) is 2.98. The lowest BCUT2D eigenvalue weighted by Gasteiger charge is -2.29. The number of carbonyl (C=O) groups is 1. The van der Waals surface area contributed by atoms with E-state index in [-0.39, 0.29) is 5.91 Å². The molecular weight excluding hydrogens is 348 g/mol. The Labute approximate surface area is 157 Å². The normalized spacial score (nSPS) is 19.0. The summed E-state index contributed by atoms with van der Waals surface area (Å²) in [7, 11) is 1.65. The van der Waals surface area contributed by atoms with Crippen molar-refractivity contribution in [1.82, 2.24) is 15.6 Å². The van der Waals surface area contributed by atoms with Crippen LogP contribution in [-0.2, 0) is 4.79 Å². The molecule has 134 valence electrons. The monoisotopic (exact) mass is 368 g/mol. The standard InChI is InChI=1S/C19H20N4O2S/c1-25-14-5-6-15-12(10-14)9-13(11-16-18(24)22-19(26)21-16)17(20-15)23-7-3-2-4-8-23/h5-6,9-11H,2-4,7-8H2,1H3,(H2,21,22,24,26)/b16-11-. The zero-order chi connectivity index (χ0) is 18.1. The second-order valence-electron chi connectivity index (χ2n) is 6.47. The molecule has 1 amide bonds. The number of pyridine rings is 1. The van der Waals surface area contributed by atoms with Crippen molar-refractivity contribution in [2.45, 2.75) is 19.3 Å². The fraction of sp³-hybridized carbons (Fsp3) is 0.316. The van der Waals surface area contributed by atoms with Gasteiger partial charge in [-0.3, -0.25) is 10.1 Å². The summed E-state index contributed by atoms with van der Waals surface area (Å²) in [5, 5.41) is 6.81. The van der Waals surface area contributed by atoms with Gasteiger partial charge in [0.25, 0.3) is 5.91 Å². The number of carbonyl (C=O) groups excluding carboxylic acids is 1. The minimum atomic E-state index is -0.217. The topological polar surface area (TPSA) is 66.5 Å². The molecule has 2 aliphatic rings. The summed E-state index contributed by atoms with van der Waals surface area (Å²) in [6, 6.07) is 7.89. The number of amides is 1. The number of methoxy groups -OCH3 is 1. The van der Waals surface area contributed by atoms with Gasteiger partial charge >= 0.3 is 0 Å². The average molecular weight is 368 g/mol. The number of nitrogens with one attached hydrogen (secondary N) is 2. The van der Waals surface area contributed by atoms with Crippen LogP contribution in [0.5, 0.6) is 5.75 Å². The number of benzene rings is 1. The number of hydrogen-bond acceptors (Lipinski definition) is 5. The van der Waals surface area contributed by atoms with Crippen LogP contribution < -0.4 is 20.3 Å². The van der Waals surface area contributed by atoms with Crippen LogP contribution in [0.3, 0.4) is 0 Å². The number of aromatic nitrogens is 1. The first kappa shape index (κ1) is 16.8. The first-order valence-corrected chi connectivity index (χ1v) is 9.12. The SMILES string of the molecule is COc1ccc2nc(N3CCCCC3)c(/C=C3\NC(=S)NC3=O)cc2c1. The van der Waals surface area contributed by atoms with Crippen LogP contribution in [0.25, 0.3) is 17.0 Å². The van der Waals surface area contributed by atoms with Gasteiger partial charge in [-0.15, -0.1) is 0 Å². The van der Waals surface area contributed by atoms with Crippen molar-refractivity contribution in [2.24, 2.45) is 0 Å². The van der Waals surface area contributed by atoms with Crippen LogP contribution in [0.15, 0.2) is 30.0 Å². The van der Waals surface area contributed by atoms with E-state index in [1.165, 1.54) is 6.42 Å². The van der Waals surface area contributed by atoms with Gasteiger partial charge < -0.3 is 15.0 Å². The van der Waals surface area contributed by atoms with E-state index in [0.29, 0.717) is 10.8 Å². The van der Waals surface area contributed by atoms with Gasteiger partial charge in [0.05, 0.1) is 12.6 Å². The molecule has 2 aliphatic heterocycles. The Hall–Kier alpha value is -2.67. The van der Waals surface area contributed by atoms with E-state index in [2.05, 4.69) is 21.6 Å². The molecule has 2 N–H and O–H groups in total. The summed E-state index contributed by atoms with van der Waals surface area (Å²) < 4.78 is 5.33. The number of hydrogen-bond donors (Lipinski definition) is 2. The maximum absolute atomic E-state index is 12.1. The Bertz CT molecular complexity index is 919. The highest BCUT2D eigenvalue weighted by Crippen LogP contribution is 2.29. The van der Waals surface area contributed by atoms with Crippen LogP contribution in [0.4, 0.5) is 5.82 Å². The zero-order valence-corrected chi connectivity index (χ0v) is 15.4. The number of rotatable bonds is 3. The van der Waals surface area contributed by atoms with Crippen molar-refractivity contribution < 1.29 is 9.53 Å². The first-order chi connectivity index (χ1) is 12.6. The van der Waals surface area contributed by atoms with Gasteiger partial charge in [0.15, 0.2) is 5.11 Å². The van der Waals surface area contributed by atoms with Crippen molar-refractivity contribution >= 4 is 46.0 Å². The number of anilines is 1. The van der Waals surface area contributed by atoms with Crippen molar-refractivity contribution in [2.75, 3.05) is 25.1 Å². The molecule has 2 fully saturated rings. The van der Waals surface area contributed by atoms with E-state index in [0.717, 1.165) is 54.0 Å². The summed E-state index contributed by atoms with van der Waals surface area (Å²) in [5.74, 6) is 1.47. The maximum Gasteiger partial charge on any atom is 0.273 e. The molecule has 0 bridgehead atoms. The van der Waals surface area contributed by atoms with Gasteiger partial charge in [-0.25, -0.2) is 4.98 Å². The smallest absolute Gasteiger partial charge is 0.273 e. The number of ether oxygens (including phenoxy) is 1. The summed E-state index contributed by atoms with van der Waals surface area (Å²) in [5.41, 5.74) is 2.25. The largest absolute Gasteiger partial charge is 0.497 e. The molecule has 0 atom stereocenters. The second-order valence-corrected chi connectivity index (χ2v) is 6.88. The minimum Gasteiger partial charge on any atom is -0.497 e. The van der Waals surface area contributed by atoms with E-state index >= 15 is 0 Å². The maximum atomic E-state index is 12.1. The van der Waals surface area contributed by atoms with E-state index in [4.69, 9.17) is 21.9 Å². The molecule has 26 heavy (non-hydrogen) atoms. The van der Waals surface area contributed by atoms with E-state index in [1.807, 2.05) is 24.3 Å². The molecule has 7 heteroatoms. The van der Waals surface area contributed by atoms with Gasteiger partial charge in [-0.2, -0.15) is 0 Å². The Morgan fingerprint density at radius 2 is 2.00 bits per heavy atom. The van der Waals surface area contributed by atoms with Gasteiger partial charge in [0.1, 0.15) is 17.3 Å². The molecule has 2 aromatic rings. The molecule has 1 aromatic carbocycles. The lowest BCUT2D eigenvalue weighted by molar-refractivity contribution is -0.115. The van der Waals surface area contributed by atoms with Crippen LogP contribution in [0, 0.1) is 0 Å². The highest BCUT2D eigenvalue weighted by Gasteiger charge is 2.22. The van der Waals surface area contributed by atoms with Crippen LogP contribution in [0.2, 0.25) is 0 Å². The van der Waals surface area contributed by atoms with E-state index < -0.39 is 0 Å². The highest BCUT2D eigenvalue weighted by molar-refractivity contribution is 7.80. The summed E-state index contributed by atoms with van der Waals surface area (Å²) in [6.45, 7) is 1.95. The van der Waals surface area contributed by atoms with Crippen molar-refractivity contribution in [3.05, 3.63) is 35.5 Å². The summed E-state index contributed by atoms with van der Waals surface area (Å²) in [6.07, 6.45) is 5.38. The van der Waals surface area contributed by atoms with Gasteiger partial charge in [-0.05, 0) is 61.8 Å². The minimum absolute atomic E-state index is 0.217. The Balaban J connectivity index is 1.84. The van der Waals surface area contributed by atoms with Crippen molar-refractivity contribution in [3.63, 3.8) is 0 Å². The highest BCUT2D eigenvalue weighted by atomic mass is 32.1. The molecule has 0 unspecified atom stereocenters. The third-order valence-electron chi connectivity index (χ3n) is 4.71. The van der Waals surface area contributed by atoms with E-state index in [1.54, 1.807) is 7.11 Å². The number of thiocarbonyl (C=S) groups is 1. The quantitative estimate of drug-likeness (QED) is 0.641. The third-order valence-corrected chi connectivity index (χ3v) is 4.91. The Morgan fingerprint density at radius 1 is 1.19 bits per heavy atom. The van der Waals surface area contributed by atoms with Crippen LogP contribution >= 0.6 is 12.2 Å². The molecule has 3 heterocycles. The second kappa shape index (κ2) is 6.92. The van der Waals surface area contributed by atoms with Crippen LogP contribution in [-0.4, -0.2) is 36.2 Å². The predicted octanol–water partition coefficient (Wildman–Crippen LogP) is 2.58. The molecule has 0 radical (unpaired) electrons. The molecule has 2 saturated heterocycles. The fourth-order valence-corrected chi connectivity index (χ4v) is 3.59. The molecular formula is C19H20N4O2S. The zero-order valence-electron chi connectivity index (χ0n) is 14.5. The molecule has 4 rings (SSSR count). The molecule has 0 saturated carbocycles. The predicted molar refractivity (Wildman–Crippen MR) is 106 cm³/mol. The van der Waals surface area contributed by atoms with Gasteiger partial charge in [0, 0.05) is 24.0 Å². The molecule has 6 nitrogen and oxygen atoms in total. The fourth-order valence-electron chi connectivity index (χ4n) is 3.39. The van der Waals surface area contributed by atoms with Crippen molar-refractivity contribution in [1.29, 1.82) is 0 Å². The lowest BCUT2D eigenvalue weighted by atomic mass is 10.1. The third kappa shape index (κ3) is 3.22. The molecule has 0 spiro atoms. The molecule has 1 aromatic heterocycles. The lowest BCUT2D eigenvalue weighted by Crippen LogP contribution is -2.30. The Kier molecular flexibility index (Phi) is 4.46. The van der Waals surface area contributed by atoms with E-state index in [9.17, 15) is 4.79 Å². The number of nitrogens with zero attached hydrogens (tertiary/aromatic N) is 2. The number of piperidine rings is 1. The van der Waals surface area contributed by atoms with Gasteiger partial charge in [-0.1, -0.05) is 0 Å². The molecule has 0 aliphatic carbocycles. The summed E-state index contributed by atoms with van der Waals surface area (Å²) >= 11 is 5.03. The Morgan fingerprint density at radius 3 is 2.69 bits per heavy atom. The van der Waals surface area contributed by atoms with Crippen molar-refractivity contribution in [3.8, 4) is 5.75 Å². The van der Waals surface area contributed by atoms with Crippen LogP contribution in [0.1, 0.15) is 24.8 Å². The number of fused-ring (bicyclic) bond motifs is 1. The first-order valence-electron chi connectivity index (χ1n) is 8.72.